The molecule has 34 heavy (non-hydrogen) atoms. The van der Waals surface area contributed by atoms with Gasteiger partial charge in [0.05, 0.1) is 17.0 Å². The number of hydrogen-bond acceptors (Lipinski definition) is 7. The number of hydrogen-bond donors (Lipinski definition) is 3. The van der Waals surface area contributed by atoms with Crippen LogP contribution in [0.15, 0.2) is 53.4 Å². The third kappa shape index (κ3) is 5.37. The maximum atomic E-state index is 12.4. The SMILES string of the molecule is O=C1NCC2(CCN(CCc3ccc(C(=O)NS(=O)(=O)c4ccc(C(=O)O)cc4)cc3)CC2)O1. The monoisotopic (exact) mass is 487 g/mol. The van der Waals surface area contributed by atoms with Gasteiger partial charge in [-0.05, 0) is 48.4 Å². The second-order valence-electron chi connectivity index (χ2n) is 8.48. The Balaban J connectivity index is 1.28. The van der Waals surface area contributed by atoms with Gasteiger partial charge in [0, 0.05) is 38.0 Å². The zero-order chi connectivity index (χ0) is 24.3. The van der Waals surface area contributed by atoms with Crippen molar-refractivity contribution < 1.29 is 32.6 Å². The molecule has 11 heteroatoms. The van der Waals surface area contributed by atoms with E-state index in [0.29, 0.717) is 6.54 Å². The average molecular weight is 488 g/mol. The zero-order valence-corrected chi connectivity index (χ0v) is 19.1. The van der Waals surface area contributed by atoms with Gasteiger partial charge in [0.1, 0.15) is 5.60 Å². The summed E-state index contributed by atoms with van der Waals surface area (Å²) in [7, 11) is -4.13. The Hall–Kier alpha value is -3.44. The van der Waals surface area contributed by atoms with E-state index in [1.54, 1.807) is 24.3 Å². The molecule has 2 fully saturated rings. The minimum Gasteiger partial charge on any atom is -0.478 e. The van der Waals surface area contributed by atoms with Crippen molar-refractivity contribution in [2.75, 3.05) is 26.2 Å². The van der Waals surface area contributed by atoms with Crippen molar-refractivity contribution in [2.45, 2.75) is 29.8 Å². The minimum atomic E-state index is -4.13. The van der Waals surface area contributed by atoms with Gasteiger partial charge < -0.3 is 20.1 Å². The van der Waals surface area contributed by atoms with Crippen molar-refractivity contribution in [3.8, 4) is 0 Å². The van der Waals surface area contributed by atoms with Crippen LogP contribution in [-0.2, 0) is 21.2 Å². The van der Waals surface area contributed by atoms with Crippen LogP contribution in [-0.4, -0.2) is 68.2 Å². The summed E-state index contributed by atoms with van der Waals surface area (Å²) in [6.45, 7) is 3.05. The molecule has 0 aliphatic carbocycles. The molecule has 2 saturated heterocycles. The topological polar surface area (TPSA) is 142 Å². The molecular weight excluding hydrogens is 462 g/mol. The number of benzene rings is 2. The van der Waals surface area contributed by atoms with Gasteiger partial charge >= 0.3 is 12.1 Å². The van der Waals surface area contributed by atoms with E-state index in [0.717, 1.165) is 68.7 Å². The molecule has 0 unspecified atom stereocenters. The number of likely N-dealkylation sites (tertiary alicyclic amines) is 1. The number of carboxylic acid groups (broad SMARTS) is 1. The van der Waals surface area contributed by atoms with E-state index >= 15 is 0 Å². The van der Waals surface area contributed by atoms with Crippen LogP contribution in [0, 0.1) is 0 Å². The number of piperidine rings is 1. The molecule has 2 aromatic rings. The van der Waals surface area contributed by atoms with E-state index in [1.165, 1.54) is 0 Å². The van der Waals surface area contributed by atoms with E-state index in [1.807, 2.05) is 4.72 Å². The molecule has 0 radical (unpaired) electrons. The molecule has 2 amide bonds. The predicted molar refractivity (Wildman–Crippen MR) is 121 cm³/mol. The molecule has 2 aliphatic rings. The maximum Gasteiger partial charge on any atom is 0.407 e. The van der Waals surface area contributed by atoms with Gasteiger partial charge in [-0.2, -0.15) is 0 Å². The first-order valence-electron chi connectivity index (χ1n) is 10.8. The number of aromatic carboxylic acids is 1. The van der Waals surface area contributed by atoms with Gasteiger partial charge in [-0.25, -0.2) is 22.7 Å². The Bertz CT molecular complexity index is 1190. The number of nitrogens with zero attached hydrogens (tertiary/aromatic N) is 1. The fourth-order valence-electron chi connectivity index (χ4n) is 4.09. The molecule has 0 atom stereocenters. The highest BCUT2D eigenvalue weighted by atomic mass is 32.2. The molecule has 2 aliphatic heterocycles. The summed E-state index contributed by atoms with van der Waals surface area (Å²) < 4.78 is 32.3. The lowest BCUT2D eigenvalue weighted by Crippen LogP contribution is -2.47. The number of sulfonamides is 1. The maximum absolute atomic E-state index is 12.4. The number of carbonyl (C=O) groups is 3. The molecule has 1 spiro atoms. The molecule has 2 heterocycles. The Morgan fingerprint density at radius 1 is 1.03 bits per heavy atom. The van der Waals surface area contributed by atoms with Crippen LogP contribution >= 0.6 is 0 Å². The van der Waals surface area contributed by atoms with Crippen molar-refractivity contribution >= 4 is 28.0 Å². The van der Waals surface area contributed by atoms with E-state index < -0.39 is 21.9 Å². The number of alkyl carbamates (subject to hydrolysis) is 1. The molecule has 4 rings (SSSR count). The van der Waals surface area contributed by atoms with E-state index in [2.05, 4.69) is 10.2 Å². The van der Waals surface area contributed by atoms with Gasteiger partial charge in [0.15, 0.2) is 0 Å². The van der Waals surface area contributed by atoms with Crippen molar-refractivity contribution in [2.24, 2.45) is 0 Å². The highest BCUT2D eigenvalue weighted by Gasteiger charge is 2.42. The molecule has 0 saturated carbocycles. The first-order valence-corrected chi connectivity index (χ1v) is 12.3. The van der Waals surface area contributed by atoms with E-state index in [4.69, 9.17) is 9.84 Å². The van der Waals surface area contributed by atoms with Crippen LogP contribution in [0.4, 0.5) is 4.79 Å². The van der Waals surface area contributed by atoms with Gasteiger partial charge in [-0.3, -0.25) is 4.79 Å². The minimum absolute atomic E-state index is 0.0519. The fraction of sp³-hybridized carbons (Fsp3) is 0.348. The van der Waals surface area contributed by atoms with Crippen LogP contribution in [0.3, 0.4) is 0 Å². The summed E-state index contributed by atoms with van der Waals surface area (Å²) in [6, 6.07) is 11.3. The first-order chi connectivity index (χ1) is 16.2. The lowest BCUT2D eigenvalue weighted by Gasteiger charge is -2.37. The second kappa shape index (κ2) is 9.43. The Morgan fingerprint density at radius 3 is 2.21 bits per heavy atom. The Morgan fingerprint density at radius 2 is 1.65 bits per heavy atom. The van der Waals surface area contributed by atoms with E-state index in [-0.39, 0.29) is 27.7 Å². The molecule has 10 nitrogen and oxygen atoms in total. The first kappa shape index (κ1) is 23.7. The van der Waals surface area contributed by atoms with Crippen molar-refractivity contribution in [3.05, 3.63) is 65.2 Å². The lowest BCUT2D eigenvalue weighted by molar-refractivity contribution is 0.00121. The summed E-state index contributed by atoms with van der Waals surface area (Å²) in [6.07, 6.45) is 2.00. The second-order valence-corrected chi connectivity index (χ2v) is 10.2. The summed E-state index contributed by atoms with van der Waals surface area (Å²) >= 11 is 0. The number of rotatable bonds is 7. The van der Waals surface area contributed by atoms with Gasteiger partial charge in [-0.1, -0.05) is 12.1 Å². The number of ether oxygens (including phenoxy) is 1. The Kier molecular flexibility index (Phi) is 6.58. The predicted octanol–water partition coefficient (Wildman–Crippen LogP) is 1.62. The van der Waals surface area contributed by atoms with Crippen LogP contribution < -0.4 is 10.0 Å². The van der Waals surface area contributed by atoms with Gasteiger partial charge in [0.25, 0.3) is 15.9 Å². The van der Waals surface area contributed by atoms with Crippen molar-refractivity contribution in [1.29, 1.82) is 0 Å². The van der Waals surface area contributed by atoms with Crippen LogP contribution in [0.5, 0.6) is 0 Å². The number of carbonyl (C=O) groups excluding carboxylic acids is 2. The summed E-state index contributed by atoms with van der Waals surface area (Å²) in [5.41, 5.74) is 0.785. The standard InChI is InChI=1S/C23H25N3O7S/c27-20(25-34(31,32)19-7-5-18(6-8-19)21(28)29)17-3-1-16(2-4-17)9-12-26-13-10-23(11-14-26)15-24-22(30)33-23/h1-8H,9-15H2,(H,24,30)(H,25,27)(H,28,29). The third-order valence-corrected chi connectivity index (χ3v) is 7.55. The fourth-order valence-corrected chi connectivity index (χ4v) is 5.07. The molecule has 0 aromatic heterocycles. The van der Waals surface area contributed by atoms with E-state index in [9.17, 15) is 22.8 Å². The molecule has 180 valence electrons. The summed E-state index contributed by atoms with van der Waals surface area (Å²) in [5.74, 6) is -1.94. The molecule has 0 bridgehead atoms. The molecule has 3 N–H and O–H groups in total. The summed E-state index contributed by atoms with van der Waals surface area (Å²) in [5, 5.41) is 11.6. The van der Waals surface area contributed by atoms with Gasteiger partial charge in [-0.15, -0.1) is 0 Å². The molecular formula is C23H25N3O7S. The quantitative estimate of drug-likeness (QED) is 0.535. The van der Waals surface area contributed by atoms with Crippen LogP contribution in [0.2, 0.25) is 0 Å². The number of carboxylic acids is 1. The highest BCUT2D eigenvalue weighted by Crippen LogP contribution is 2.29. The molecule has 2 aromatic carbocycles. The number of nitrogens with one attached hydrogen (secondary N) is 2. The Labute approximate surface area is 197 Å². The third-order valence-electron chi connectivity index (χ3n) is 6.20. The largest absolute Gasteiger partial charge is 0.478 e. The summed E-state index contributed by atoms with van der Waals surface area (Å²) in [4.78, 5) is 36.8. The van der Waals surface area contributed by atoms with Crippen molar-refractivity contribution in [3.63, 3.8) is 0 Å². The smallest absolute Gasteiger partial charge is 0.407 e. The van der Waals surface area contributed by atoms with Gasteiger partial charge in [0.2, 0.25) is 0 Å². The average Bonchev–Trinajstić information content (AvgIpc) is 3.18. The lowest BCUT2D eigenvalue weighted by atomic mass is 9.91. The van der Waals surface area contributed by atoms with Crippen molar-refractivity contribution in [1.82, 2.24) is 14.9 Å². The van der Waals surface area contributed by atoms with Crippen LogP contribution in [0.25, 0.3) is 0 Å². The zero-order valence-electron chi connectivity index (χ0n) is 18.3. The number of amides is 2. The van der Waals surface area contributed by atoms with Crippen LogP contribution in [0.1, 0.15) is 39.1 Å². The highest BCUT2D eigenvalue weighted by molar-refractivity contribution is 7.90. The normalized spacial score (nSPS) is 17.7.